The highest BCUT2D eigenvalue weighted by Gasteiger charge is 2.48. The normalized spacial score (nSPS) is 20.1. The topological polar surface area (TPSA) is 59.7 Å². The van der Waals surface area contributed by atoms with E-state index in [9.17, 15) is 4.79 Å². The third-order valence-corrected chi connectivity index (χ3v) is 3.37. The third kappa shape index (κ3) is 1.73. The predicted molar refractivity (Wildman–Crippen MR) is 57.4 cm³/mol. The van der Waals surface area contributed by atoms with Gasteiger partial charge in [0.25, 0.3) is 0 Å². The quantitative estimate of drug-likeness (QED) is 0.849. The van der Waals surface area contributed by atoms with E-state index >= 15 is 0 Å². The van der Waals surface area contributed by atoms with Gasteiger partial charge in [0.2, 0.25) is 0 Å². The largest absolute Gasteiger partial charge is 0.481 e. The van der Waals surface area contributed by atoms with Crippen LogP contribution in [0.25, 0.3) is 0 Å². The number of carboxylic acid groups (broad SMARTS) is 1. The van der Waals surface area contributed by atoms with Gasteiger partial charge in [-0.3, -0.25) is 4.79 Å². The van der Waals surface area contributed by atoms with E-state index in [1.165, 1.54) is 0 Å². The maximum absolute atomic E-state index is 10.8. The van der Waals surface area contributed by atoms with Gasteiger partial charge in [0.15, 0.2) is 0 Å². The molecule has 4 heteroatoms. The highest BCUT2D eigenvalue weighted by atomic mass is 16.5. The SMILES string of the molecule is Cc1ccc(C2(C(C)CC(=O)O)COC2)o1. The van der Waals surface area contributed by atoms with Crippen molar-refractivity contribution in [2.24, 2.45) is 5.92 Å². The summed E-state index contributed by atoms with van der Waals surface area (Å²) in [5.74, 6) is 0.945. The fourth-order valence-electron chi connectivity index (χ4n) is 2.15. The van der Waals surface area contributed by atoms with Crippen molar-refractivity contribution < 1.29 is 19.1 Å². The molecule has 1 aliphatic rings. The fraction of sp³-hybridized carbons (Fsp3) is 0.583. The molecule has 4 nitrogen and oxygen atoms in total. The summed E-state index contributed by atoms with van der Waals surface area (Å²) in [5.41, 5.74) is -0.243. The van der Waals surface area contributed by atoms with Gasteiger partial charge in [0, 0.05) is 6.42 Å². The van der Waals surface area contributed by atoms with Crippen molar-refractivity contribution in [1.82, 2.24) is 0 Å². The van der Waals surface area contributed by atoms with Crippen molar-refractivity contribution in [2.75, 3.05) is 13.2 Å². The van der Waals surface area contributed by atoms with E-state index in [0.717, 1.165) is 11.5 Å². The summed E-state index contributed by atoms with van der Waals surface area (Å²) >= 11 is 0. The van der Waals surface area contributed by atoms with Crippen LogP contribution in [-0.4, -0.2) is 24.3 Å². The second kappa shape index (κ2) is 3.94. The number of hydrogen-bond acceptors (Lipinski definition) is 3. The fourth-order valence-corrected chi connectivity index (χ4v) is 2.15. The zero-order valence-corrected chi connectivity index (χ0v) is 9.53. The molecular weight excluding hydrogens is 208 g/mol. The molecule has 0 bridgehead atoms. The highest BCUT2D eigenvalue weighted by Crippen LogP contribution is 2.41. The van der Waals surface area contributed by atoms with E-state index in [-0.39, 0.29) is 17.8 Å². The zero-order valence-electron chi connectivity index (χ0n) is 9.53. The standard InChI is InChI=1S/C12H16O4/c1-8(5-11(13)14)12(6-15-7-12)10-4-3-9(2)16-10/h3-4,8H,5-7H2,1-2H3,(H,13,14). The Kier molecular flexibility index (Phi) is 2.76. The maximum atomic E-state index is 10.8. The van der Waals surface area contributed by atoms with Crippen molar-refractivity contribution in [2.45, 2.75) is 25.7 Å². The number of aryl methyl sites for hydroxylation is 1. The molecule has 88 valence electrons. The lowest BCUT2D eigenvalue weighted by Gasteiger charge is -2.44. The Labute approximate surface area is 94.2 Å². The number of aliphatic carboxylic acids is 1. The first-order valence-electron chi connectivity index (χ1n) is 5.41. The lowest BCUT2D eigenvalue weighted by atomic mass is 9.71. The molecule has 0 saturated carbocycles. The summed E-state index contributed by atoms with van der Waals surface area (Å²) in [4.78, 5) is 10.8. The van der Waals surface area contributed by atoms with Crippen LogP contribution < -0.4 is 0 Å². The molecular formula is C12H16O4. The van der Waals surface area contributed by atoms with E-state index in [1.54, 1.807) is 0 Å². The number of rotatable bonds is 4. The van der Waals surface area contributed by atoms with Crippen LogP contribution in [0.4, 0.5) is 0 Å². The highest BCUT2D eigenvalue weighted by molar-refractivity contribution is 5.67. The van der Waals surface area contributed by atoms with Crippen LogP contribution in [0.2, 0.25) is 0 Å². The molecule has 2 heterocycles. The second-order valence-electron chi connectivity index (χ2n) is 4.56. The zero-order chi connectivity index (χ0) is 11.8. The number of ether oxygens (including phenoxy) is 1. The smallest absolute Gasteiger partial charge is 0.303 e. The van der Waals surface area contributed by atoms with Crippen LogP contribution in [-0.2, 0) is 14.9 Å². The van der Waals surface area contributed by atoms with Gasteiger partial charge in [-0.15, -0.1) is 0 Å². The minimum absolute atomic E-state index is 0.0179. The lowest BCUT2D eigenvalue weighted by Crippen LogP contribution is -2.51. The van der Waals surface area contributed by atoms with E-state index < -0.39 is 5.97 Å². The molecule has 1 aromatic heterocycles. The molecule has 16 heavy (non-hydrogen) atoms. The van der Waals surface area contributed by atoms with Crippen LogP contribution in [0.15, 0.2) is 16.5 Å². The minimum Gasteiger partial charge on any atom is -0.481 e. The van der Waals surface area contributed by atoms with Gasteiger partial charge in [-0.1, -0.05) is 6.92 Å². The van der Waals surface area contributed by atoms with Crippen molar-refractivity contribution in [3.8, 4) is 0 Å². The van der Waals surface area contributed by atoms with Crippen molar-refractivity contribution in [3.63, 3.8) is 0 Å². The minimum atomic E-state index is -0.776. The summed E-state index contributed by atoms with van der Waals surface area (Å²) in [5, 5.41) is 8.85. The Balaban J connectivity index is 2.22. The average Bonchev–Trinajstić information content (AvgIpc) is 2.48. The monoisotopic (exact) mass is 224 g/mol. The molecule has 1 aromatic rings. The Bertz CT molecular complexity index is 389. The molecule has 0 spiro atoms. The molecule has 2 rings (SSSR count). The van der Waals surface area contributed by atoms with Gasteiger partial charge in [0.1, 0.15) is 11.5 Å². The Morgan fingerprint density at radius 2 is 2.25 bits per heavy atom. The predicted octanol–water partition coefficient (Wildman–Crippen LogP) is 1.97. The van der Waals surface area contributed by atoms with Crippen molar-refractivity contribution >= 4 is 5.97 Å². The van der Waals surface area contributed by atoms with Crippen LogP contribution >= 0.6 is 0 Å². The van der Waals surface area contributed by atoms with Gasteiger partial charge >= 0.3 is 5.97 Å². The van der Waals surface area contributed by atoms with Crippen molar-refractivity contribution in [3.05, 3.63) is 23.7 Å². The Morgan fingerprint density at radius 1 is 1.56 bits per heavy atom. The first-order chi connectivity index (χ1) is 7.54. The molecule has 0 amide bonds. The lowest BCUT2D eigenvalue weighted by molar-refractivity contribution is -0.143. The molecule has 1 saturated heterocycles. The molecule has 1 atom stereocenters. The molecule has 0 aromatic carbocycles. The van der Waals surface area contributed by atoms with Gasteiger partial charge in [-0.05, 0) is 25.0 Å². The Morgan fingerprint density at radius 3 is 2.62 bits per heavy atom. The van der Waals surface area contributed by atoms with Gasteiger partial charge in [-0.2, -0.15) is 0 Å². The van der Waals surface area contributed by atoms with Gasteiger partial charge < -0.3 is 14.3 Å². The van der Waals surface area contributed by atoms with Crippen LogP contribution in [0.1, 0.15) is 24.9 Å². The number of furan rings is 1. The average molecular weight is 224 g/mol. The van der Waals surface area contributed by atoms with Gasteiger partial charge in [0.05, 0.1) is 18.6 Å². The summed E-state index contributed by atoms with van der Waals surface area (Å²) in [6.07, 6.45) is 0.142. The van der Waals surface area contributed by atoms with E-state index in [2.05, 4.69) is 0 Å². The van der Waals surface area contributed by atoms with Gasteiger partial charge in [-0.25, -0.2) is 0 Å². The summed E-state index contributed by atoms with van der Waals surface area (Å²) in [6, 6.07) is 3.83. The molecule has 0 aliphatic carbocycles. The molecule has 1 unspecified atom stereocenters. The number of carbonyl (C=O) groups is 1. The van der Waals surface area contributed by atoms with E-state index in [1.807, 2.05) is 26.0 Å². The number of carboxylic acids is 1. The van der Waals surface area contributed by atoms with Crippen LogP contribution in [0.5, 0.6) is 0 Å². The second-order valence-corrected chi connectivity index (χ2v) is 4.56. The van der Waals surface area contributed by atoms with Crippen molar-refractivity contribution in [1.29, 1.82) is 0 Å². The Hall–Kier alpha value is -1.29. The molecule has 1 fully saturated rings. The maximum Gasteiger partial charge on any atom is 0.303 e. The summed E-state index contributed by atoms with van der Waals surface area (Å²) in [7, 11) is 0. The molecule has 1 aliphatic heterocycles. The first-order valence-corrected chi connectivity index (χ1v) is 5.41. The molecule has 0 radical (unpaired) electrons. The van der Waals surface area contributed by atoms with Crippen LogP contribution in [0, 0.1) is 12.8 Å². The summed E-state index contributed by atoms with van der Waals surface area (Å²) in [6.45, 7) is 4.93. The summed E-state index contributed by atoms with van der Waals surface area (Å²) < 4.78 is 10.9. The molecule has 1 N–H and O–H groups in total. The van der Waals surface area contributed by atoms with Crippen LogP contribution in [0.3, 0.4) is 0 Å². The third-order valence-electron chi connectivity index (χ3n) is 3.37. The van der Waals surface area contributed by atoms with E-state index in [4.69, 9.17) is 14.3 Å². The number of hydrogen-bond donors (Lipinski definition) is 1. The first kappa shape index (κ1) is 11.2. The van der Waals surface area contributed by atoms with E-state index in [0.29, 0.717) is 13.2 Å².